The summed E-state index contributed by atoms with van der Waals surface area (Å²) in [5.41, 5.74) is 2.90. The lowest BCUT2D eigenvalue weighted by molar-refractivity contribution is 0.0785. The highest BCUT2D eigenvalue weighted by Crippen LogP contribution is 2.23. The molecule has 31 heavy (non-hydrogen) atoms. The number of carbonyl (C=O) groups is 1. The second kappa shape index (κ2) is 9.22. The van der Waals surface area contributed by atoms with Crippen LogP contribution in [0, 0.1) is 6.92 Å². The summed E-state index contributed by atoms with van der Waals surface area (Å²) in [5, 5.41) is 0. The number of sulfonamides is 1. The van der Waals surface area contributed by atoms with E-state index in [0.29, 0.717) is 17.8 Å². The molecular formula is C24H26N2O4S. The van der Waals surface area contributed by atoms with Gasteiger partial charge in [-0.25, -0.2) is 8.42 Å². The molecule has 0 heterocycles. The smallest absolute Gasteiger partial charge is 0.264 e. The van der Waals surface area contributed by atoms with Crippen LogP contribution in [0.4, 0.5) is 5.69 Å². The molecule has 1 amide bonds. The van der Waals surface area contributed by atoms with Gasteiger partial charge in [0.2, 0.25) is 0 Å². The van der Waals surface area contributed by atoms with Gasteiger partial charge in [0.05, 0.1) is 17.7 Å². The normalized spacial score (nSPS) is 11.1. The molecule has 0 bridgehead atoms. The topological polar surface area (TPSA) is 66.9 Å². The summed E-state index contributed by atoms with van der Waals surface area (Å²) in [6.45, 7) is 2.33. The van der Waals surface area contributed by atoms with Gasteiger partial charge in [-0.15, -0.1) is 0 Å². The van der Waals surface area contributed by atoms with Crippen LogP contribution in [-0.2, 0) is 16.6 Å². The van der Waals surface area contributed by atoms with Crippen molar-refractivity contribution in [2.24, 2.45) is 0 Å². The Morgan fingerprint density at radius 2 is 1.58 bits per heavy atom. The van der Waals surface area contributed by atoms with Crippen molar-refractivity contribution in [2.45, 2.75) is 18.4 Å². The van der Waals surface area contributed by atoms with Crippen molar-refractivity contribution < 1.29 is 17.9 Å². The molecule has 0 radical (unpaired) electrons. The highest BCUT2D eigenvalue weighted by atomic mass is 32.2. The molecule has 0 saturated heterocycles. The molecule has 7 heteroatoms. The monoisotopic (exact) mass is 438 g/mol. The molecule has 3 aromatic carbocycles. The van der Waals surface area contributed by atoms with Crippen molar-refractivity contribution in [2.75, 3.05) is 25.5 Å². The van der Waals surface area contributed by atoms with Crippen LogP contribution in [0.25, 0.3) is 0 Å². The first kappa shape index (κ1) is 22.4. The zero-order chi connectivity index (χ0) is 22.6. The Balaban J connectivity index is 1.74. The average molecular weight is 439 g/mol. The van der Waals surface area contributed by atoms with Gasteiger partial charge in [-0.1, -0.05) is 29.8 Å². The molecule has 0 aliphatic carbocycles. The summed E-state index contributed by atoms with van der Waals surface area (Å²) in [7, 11) is 1.15. The number of amides is 1. The quantitative estimate of drug-likeness (QED) is 0.557. The van der Waals surface area contributed by atoms with E-state index in [-0.39, 0.29) is 10.8 Å². The number of nitrogens with zero attached hydrogens (tertiary/aromatic N) is 2. The standard InChI is InChI=1S/C24H26N2O4S/c1-18-8-14-23(15-9-18)31(28,29)26(3)21-12-10-20(11-13-21)24(27)25(2)17-19-6-5-7-22(16-19)30-4/h5-16H,17H2,1-4H3. The lowest BCUT2D eigenvalue weighted by atomic mass is 10.1. The minimum absolute atomic E-state index is 0.154. The van der Waals surface area contributed by atoms with Crippen LogP contribution >= 0.6 is 0 Å². The van der Waals surface area contributed by atoms with Gasteiger partial charge in [-0.3, -0.25) is 9.10 Å². The number of anilines is 1. The number of hydrogen-bond donors (Lipinski definition) is 0. The molecule has 0 unspecified atom stereocenters. The molecule has 0 fully saturated rings. The van der Waals surface area contributed by atoms with Gasteiger partial charge in [0, 0.05) is 26.2 Å². The van der Waals surface area contributed by atoms with E-state index in [1.807, 2.05) is 31.2 Å². The second-order valence-electron chi connectivity index (χ2n) is 7.35. The van der Waals surface area contributed by atoms with Crippen molar-refractivity contribution in [3.8, 4) is 5.75 Å². The fourth-order valence-corrected chi connectivity index (χ4v) is 4.35. The number of rotatable bonds is 7. The first-order valence-electron chi connectivity index (χ1n) is 9.76. The van der Waals surface area contributed by atoms with Crippen LogP contribution < -0.4 is 9.04 Å². The second-order valence-corrected chi connectivity index (χ2v) is 9.31. The Bertz CT molecular complexity index is 1160. The largest absolute Gasteiger partial charge is 0.497 e. The Morgan fingerprint density at radius 3 is 2.19 bits per heavy atom. The first-order valence-corrected chi connectivity index (χ1v) is 11.2. The lowest BCUT2D eigenvalue weighted by Crippen LogP contribution is -2.27. The number of benzene rings is 3. The number of carbonyl (C=O) groups excluding carboxylic acids is 1. The molecule has 0 N–H and O–H groups in total. The molecule has 3 aromatic rings. The van der Waals surface area contributed by atoms with Crippen LogP contribution in [0.5, 0.6) is 5.75 Å². The van der Waals surface area contributed by atoms with E-state index in [0.717, 1.165) is 16.9 Å². The van der Waals surface area contributed by atoms with Crippen molar-refractivity contribution in [1.29, 1.82) is 0 Å². The molecule has 3 rings (SSSR count). The number of aryl methyl sites for hydroxylation is 1. The molecular weight excluding hydrogens is 412 g/mol. The van der Waals surface area contributed by atoms with E-state index in [9.17, 15) is 13.2 Å². The summed E-state index contributed by atoms with van der Waals surface area (Å²) in [4.78, 5) is 14.6. The fourth-order valence-electron chi connectivity index (χ4n) is 3.16. The third-order valence-electron chi connectivity index (χ3n) is 5.06. The molecule has 0 aliphatic heterocycles. The minimum atomic E-state index is -3.68. The highest BCUT2D eigenvalue weighted by Gasteiger charge is 2.21. The van der Waals surface area contributed by atoms with Crippen LogP contribution in [0.15, 0.2) is 77.7 Å². The van der Waals surface area contributed by atoms with Gasteiger partial charge in [-0.2, -0.15) is 0 Å². The zero-order valence-electron chi connectivity index (χ0n) is 18.1. The van der Waals surface area contributed by atoms with Crippen molar-refractivity contribution in [3.05, 3.63) is 89.5 Å². The van der Waals surface area contributed by atoms with E-state index in [4.69, 9.17) is 4.74 Å². The third kappa shape index (κ3) is 5.06. The summed E-state index contributed by atoms with van der Waals surface area (Å²) in [6, 6.07) is 20.8. The van der Waals surface area contributed by atoms with Crippen molar-refractivity contribution >= 4 is 21.6 Å². The Kier molecular flexibility index (Phi) is 6.65. The lowest BCUT2D eigenvalue weighted by Gasteiger charge is -2.21. The molecule has 0 aromatic heterocycles. The molecule has 0 aliphatic rings. The van der Waals surface area contributed by atoms with E-state index >= 15 is 0 Å². The van der Waals surface area contributed by atoms with Gasteiger partial charge in [0.25, 0.3) is 15.9 Å². The number of ether oxygens (including phenoxy) is 1. The Labute approximate surface area is 183 Å². The van der Waals surface area contributed by atoms with Gasteiger partial charge >= 0.3 is 0 Å². The first-order chi connectivity index (χ1) is 14.7. The maximum absolute atomic E-state index is 12.9. The van der Waals surface area contributed by atoms with Crippen LogP contribution in [-0.4, -0.2) is 40.4 Å². The number of methoxy groups -OCH3 is 1. The van der Waals surface area contributed by atoms with E-state index in [1.54, 1.807) is 67.6 Å². The van der Waals surface area contributed by atoms with Crippen LogP contribution in [0.3, 0.4) is 0 Å². The number of hydrogen-bond acceptors (Lipinski definition) is 4. The van der Waals surface area contributed by atoms with Gasteiger partial charge in [-0.05, 0) is 61.0 Å². The molecule has 0 saturated carbocycles. The SMILES string of the molecule is COc1cccc(CN(C)C(=O)c2ccc(N(C)S(=O)(=O)c3ccc(C)cc3)cc2)c1. The average Bonchev–Trinajstić information content (AvgIpc) is 2.78. The maximum Gasteiger partial charge on any atom is 0.264 e. The minimum Gasteiger partial charge on any atom is -0.497 e. The molecule has 6 nitrogen and oxygen atoms in total. The zero-order valence-corrected chi connectivity index (χ0v) is 18.9. The van der Waals surface area contributed by atoms with Gasteiger partial charge < -0.3 is 9.64 Å². The predicted molar refractivity (Wildman–Crippen MR) is 122 cm³/mol. The van der Waals surface area contributed by atoms with Gasteiger partial charge in [0.15, 0.2) is 0 Å². The highest BCUT2D eigenvalue weighted by molar-refractivity contribution is 7.92. The van der Waals surface area contributed by atoms with Crippen molar-refractivity contribution in [3.63, 3.8) is 0 Å². The molecule has 162 valence electrons. The summed E-state index contributed by atoms with van der Waals surface area (Å²) < 4.78 is 32.2. The van der Waals surface area contributed by atoms with Crippen LogP contribution in [0.2, 0.25) is 0 Å². The summed E-state index contributed by atoms with van der Waals surface area (Å²) in [6.07, 6.45) is 0. The Hall–Kier alpha value is -3.32. The Morgan fingerprint density at radius 1 is 0.935 bits per heavy atom. The third-order valence-corrected chi connectivity index (χ3v) is 6.86. The summed E-state index contributed by atoms with van der Waals surface area (Å²) in [5.74, 6) is 0.582. The summed E-state index contributed by atoms with van der Waals surface area (Å²) >= 11 is 0. The predicted octanol–water partition coefficient (Wildman–Crippen LogP) is 4.10. The van der Waals surface area contributed by atoms with Crippen LogP contribution in [0.1, 0.15) is 21.5 Å². The van der Waals surface area contributed by atoms with Gasteiger partial charge in [0.1, 0.15) is 5.75 Å². The van der Waals surface area contributed by atoms with E-state index < -0.39 is 10.0 Å². The van der Waals surface area contributed by atoms with E-state index in [2.05, 4.69) is 0 Å². The molecule has 0 atom stereocenters. The molecule has 0 spiro atoms. The fraction of sp³-hybridized carbons (Fsp3) is 0.208. The maximum atomic E-state index is 12.9. The van der Waals surface area contributed by atoms with E-state index in [1.165, 1.54) is 11.4 Å². The van der Waals surface area contributed by atoms with Crippen molar-refractivity contribution in [1.82, 2.24) is 4.90 Å².